The number of ether oxygens (including phenoxy) is 1. The molecule has 116 valence electrons. The zero-order valence-corrected chi connectivity index (χ0v) is 13.6. The lowest BCUT2D eigenvalue weighted by Crippen LogP contribution is -2.42. The van der Waals surface area contributed by atoms with Gasteiger partial charge < -0.3 is 14.2 Å². The Morgan fingerprint density at radius 1 is 1.43 bits per heavy atom. The summed E-state index contributed by atoms with van der Waals surface area (Å²) in [7, 11) is 2.13. The number of likely N-dealkylation sites (N-methyl/N-ethyl adjacent to an activating group) is 1. The number of hydrogen-bond donors (Lipinski definition) is 0. The molecule has 7 heteroatoms. The second kappa shape index (κ2) is 5.94. The van der Waals surface area contributed by atoms with E-state index >= 15 is 0 Å². The van der Waals surface area contributed by atoms with Gasteiger partial charge in [-0.1, -0.05) is 0 Å². The fraction of sp³-hybridized carbons (Fsp3) is 0.714. The van der Waals surface area contributed by atoms with Crippen LogP contribution in [0.4, 0.5) is 0 Å². The lowest BCUT2D eigenvalue weighted by atomic mass is 10.3. The lowest BCUT2D eigenvalue weighted by molar-refractivity contribution is -0.0273. The molecule has 0 saturated carbocycles. The number of aryl methyl sites for hydroxylation is 2. The van der Waals surface area contributed by atoms with Crippen LogP contribution in [-0.2, 0) is 23.7 Å². The largest absolute Gasteiger partial charge is 0.374 e. The Morgan fingerprint density at radius 2 is 2.24 bits per heavy atom. The minimum Gasteiger partial charge on any atom is -0.374 e. The van der Waals surface area contributed by atoms with Crippen LogP contribution >= 0.6 is 11.6 Å². The molecule has 1 fully saturated rings. The van der Waals surface area contributed by atoms with E-state index in [9.17, 15) is 0 Å². The molecule has 1 atom stereocenters. The third-order valence-corrected chi connectivity index (χ3v) is 4.26. The van der Waals surface area contributed by atoms with E-state index in [0.717, 1.165) is 55.5 Å². The van der Waals surface area contributed by atoms with Crippen LogP contribution in [0, 0.1) is 6.92 Å². The fourth-order valence-corrected chi connectivity index (χ4v) is 3.17. The maximum atomic E-state index is 6.09. The van der Waals surface area contributed by atoms with E-state index in [0.29, 0.717) is 5.88 Å². The van der Waals surface area contributed by atoms with Crippen molar-refractivity contribution in [3.05, 3.63) is 11.5 Å². The van der Waals surface area contributed by atoms with Crippen LogP contribution in [0.25, 0.3) is 11.2 Å². The second-order valence-electron chi connectivity index (χ2n) is 5.60. The van der Waals surface area contributed by atoms with E-state index in [-0.39, 0.29) is 6.10 Å². The molecular weight excluding hydrogens is 290 g/mol. The summed E-state index contributed by atoms with van der Waals surface area (Å²) in [5.74, 6) is 1.30. The summed E-state index contributed by atoms with van der Waals surface area (Å²) < 4.78 is 10.1. The molecule has 3 rings (SSSR count). The van der Waals surface area contributed by atoms with E-state index in [1.54, 1.807) is 0 Å². The van der Waals surface area contributed by atoms with Crippen molar-refractivity contribution < 1.29 is 4.74 Å². The van der Waals surface area contributed by atoms with Crippen LogP contribution in [0.1, 0.15) is 18.4 Å². The Hall–Kier alpha value is -1.11. The first-order valence-electron chi connectivity index (χ1n) is 7.42. The van der Waals surface area contributed by atoms with Gasteiger partial charge in [-0.15, -0.1) is 11.6 Å². The topological polar surface area (TPSA) is 48.1 Å². The average molecular weight is 312 g/mol. The highest BCUT2D eigenvalue weighted by Gasteiger charge is 2.23. The van der Waals surface area contributed by atoms with Gasteiger partial charge in [0.25, 0.3) is 0 Å². The summed E-state index contributed by atoms with van der Waals surface area (Å²) in [5, 5.41) is 4.55. The summed E-state index contributed by atoms with van der Waals surface area (Å²) in [5.41, 5.74) is 2.97. The molecule has 1 aliphatic rings. The number of alkyl halides is 1. The van der Waals surface area contributed by atoms with E-state index < -0.39 is 0 Å². The van der Waals surface area contributed by atoms with E-state index in [4.69, 9.17) is 16.3 Å². The molecule has 0 spiro atoms. The van der Waals surface area contributed by atoms with Crippen molar-refractivity contribution in [1.82, 2.24) is 24.2 Å². The molecule has 21 heavy (non-hydrogen) atoms. The Morgan fingerprint density at radius 3 is 2.90 bits per heavy atom. The van der Waals surface area contributed by atoms with Crippen molar-refractivity contribution in [2.45, 2.75) is 38.9 Å². The van der Waals surface area contributed by atoms with Crippen molar-refractivity contribution in [1.29, 1.82) is 0 Å². The van der Waals surface area contributed by atoms with Crippen LogP contribution < -0.4 is 0 Å². The van der Waals surface area contributed by atoms with Crippen LogP contribution in [0.2, 0.25) is 0 Å². The minimum atomic E-state index is 0.170. The number of morpholine rings is 1. The van der Waals surface area contributed by atoms with Gasteiger partial charge in [0.2, 0.25) is 0 Å². The monoisotopic (exact) mass is 311 g/mol. The van der Waals surface area contributed by atoms with Crippen LogP contribution in [0.3, 0.4) is 0 Å². The quantitative estimate of drug-likeness (QED) is 0.805. The van der Waals surface area contributed by atoms with E-state index in [1.807, 2.05) is 11.6 Å². The van der Waals surface area contributed by atoms with Gasteiger partial charge in [0, 0.05) is 19.6 Å². The van der Waals surface area contributed by atoms with Crippen LogP contribution in [0.15, 0.2) is 0 Å². The third-order valence-electron chi connectivity index (χ3n) is 4.02. The molecule has 0 amide bonds. The molecule has 0 radical (unpaired) electrons. The van der Waals surface area contributed by atoms with Crippen molar-refractivity contribution in [3.8, 4) is 0 Å². The SMILES string of the molecule is CCn1nc(C)c2nc(CCl)n(CC3CN(C)CCO3)c21. The molecule has 2 aromatic heterocycles. The summed E-state index contributed by atoms with van der Waals surface area (Å²) >= 11 is 6.09. The van der Waals surface area contributed by atoms with Gasteiger partial charge in [-0.25, -0.2) is 9.67 Å². The average Bonchev–Trinajstić information content (AvgIpc) is 2.97. The zero-order chi connectivity index (χ0) is 15.0. The molecule has 0 aromatic carbocycles. The highest BCUT2D eigenvalue weighted by Crippen LogP contribution is 2.22. The first-order chi connectivity index (χ1) is 10.1. The van der Waals surface area contributed by atoms with Gasteiger partial charge in [-0.3, -0.25) is 0 Å². The molecule has 0 aliphatic carbocycles. The molecule has 2 aromatic rings. The minimum absolute atomic E-state index is 0.170. The number of imidazole rings is 1. The van der Waals surface area contributed by atoms with Gasteiger partial charge in [0.05, 0.1) is 30.8 Å². The number of hydrogen-bond acceptors (Lipinski definition) is 4. The van der Waals surface area contributed by atoms with E-state index in [2.05, 4.69) is 33.5 Å². The summed E-state index contributed by atoms with van der Waals surface area (Å²) in [6.07, 6.45) is 0.170. The van der Waals surface area contributed by atoms with Gasteiger partial charge in [0.15, 0.2) is 5.65 Å². The van der Waals surface area contributed by atoms with Crippen molar-refractivity contribution in [2.24, 2.45) is 0 Å². The van der Waals surface area contributed by atoms with Gasteiger partial charge in [0.1, 0.15) is 11.3 Å². The van der Waals surface area contributed by atoms with Crippen LogP contribution in [-0.4, -0.2) is 57.1 Å². The number of halogens is 1. The standard InChI is InChI=1S/C14H22ClN5O/c1-4-20-14-13(10(2)17-20)16-12(7-15)19(14)9-11-8-18(3)5-6-21-11/h11H,4-9H2,1-3H3. The Balaban J connectivity index is 1.99. The second-order valence-corrected chi connectivity index (χ2v) is 5.87. The molecule has 1 unspecified atom stereocenters. The maximum Gasteiger partial charge on any atom is 0.159 e. The number of aromatic nitrogens is 4. The first kappa shape index (κ1) is 14.8. The van der Waals surface area contributed by atoms with Crippen molar-refractivity contribution in [2.75, 3.05) is 26.7 Å². The van der Waals surface area contributed by atoms with Crippen LogP contribution in [0.5, 0.6) is 0 Å². The predicted molar refractivity (Wildman–Crippen MR) is 82.7 cm³/mol. The third kappa shape index (κ3) is 2.67. The summed E-state index contributed by atoms with van der Waals surface area (Å²) in [4.78, 5) is 6.96. The zero-order valence-electron chi connectivity index (χ0n) is 12.8. The first-order valence-corrected chi connectivity index (χ1v) is 7.96. The Labute approximate surface area is 129 Å². The van der Waals surface area contributed by atoms with E-state index in [1.165, 1.54) is 0 Å². The van der Waals surface area contributed by atoms with Crippen molar-refractivity contribution >= 4 is 22.8 Å². The highest BCUT2D eigenvalue weighted by molar-refractivity contribution is 6.16. The molecule has 0 bridgehead atoms. The maximum absolute atomic E-state index is 6.09. The van der Waals surface area contributed by atoms with Gasteiger partial charge >= 0.3 is 0 Å². The van der Waals surface area contributed by atoms with Gasteiger partial charge in [-0.05, 0) is 20.9 Å². The molecule has 1 aliphatic heterocycles. The Kier molecular flexibility index (Phi) is 4.19. The van der Waals surface area contributed by atoms with Crippen molar-refractivity contribution in [3.63, 3.8) is 0 Å². The number of rotatable bonds is 4. The molecular formula is C14H22ClN5O. The summed E-state index contributed by atoms with van der Waals surface area (Å²) in [6.45, 7) is 8.38. The Bertz CT molecular complexity index is 635. The summed E-state index contributed by atoms with van der Waals surface area (Å²) in [6, 6.07) is 0. The highest BCUT2D eigenvalue weighted by atomic mass is 35.5. The smallest absolute Gasteiger partial charge is 0.159 e. The predicted octanol–water partition coefficient (Wildman–Crippen LogP) is 1.63. The molecule has 3 heterocycles. The molecule has 1 saturated heterocycles. The number of nitrogens with zero attached hydrogens (tertiary/aromatic N) is 5. The molecule has 6 nitrogen and oxygen atoms in total. The normalized spacial score (nSPS) is 20.5. The lowest BCUT2D eigenvalue weighted by Gasteiger charge is -2.30. The fourth-order valence-electron chi connectivity index (χ4n) is 2.96. The number of fused-ring (bicyclic) bond motifs is 1. The van der Waals surface area contributed by atoms with Gasteiger partial charge in [-0.2, -0.15) is 5.10 Å². The molecule has 0 N–H and O–H groups in total.